The van der Waals surface area contributed by atoms with E-state index in [-0.39, 0.29) is 19.1 Å². The van der Waals surface area contributed by atoms with E-state index in [2.05, 4.69) is 37.5 Å². The first-order valence-corrected chi connectivity index (χ1v) is 9.94. The van der Waals surface area contributed by atoms with Gasteiger partial charge in [0.25, 0.3) is 0 Å². The molecule has 0 radical (unpaired) electrons. The molecular formula is C16H15IN6O3S. The predicted molar refractivity (Wildman–Crippen MR) is 108 cm³/mol. The Kier molecular flexibility index (Phi) is 4.95. The van der Waals surface area contributed by atoms with Gasteiger partial charge >= 0.3 is 0 Å². The molecule has 0 atom stereocenters. The van der Waals surface area contributed by atoms with E-state index in [9.17, 15) is 4.79 Å². The van der Waals surface area contributed by atoms with Gasteiger partial charge in [-0.2, -0.15) is 0 Å². The molecule has 1 amide bonds. The Hall–Kier alpha value is -2.28. The molecule has 1 aliphatic rings. The maximum absolute atomic E-state index is 11.1. The standard InChI is InChI=1S/C16H15IN6O3S/c17-8-4-9-10(26-7-25-9)5-11(8)27-16-22-13-14(19)20-6-21-15(13)23(16)3-1-2-12(18)24/h4-6H,1-3,7H2,(H2,18,24)(H2,19,20,21). The number of halogens is 1. The first-order chi connectivity index (χ1) is 13.0. The Balaban J connectivity index is 1.72. The summed E-state index contributed by atoms with van der Waals surface area (Å²) in [5.41, 5.74) is 12.4. The monoisotopic (exact) mass is 498 g/mol. The lowest BCUT2D eigenvalue weighted by Gasteiger charge is -2.09. The van der Waals surface area contributed by atoms with Crippen LogP contribution in [0, 0.1) is 3.57 Å². The molecule has 0 unspecified atom stereocenters. The molecular weight excluding hydrogens is 483 g/mol. The maximum Gasteiger partial charge on any atom is 0.231 e. The highest BCUT2D eigenvalue weighted by Crippen LogP contribution is 2.41. The fraction of sp³-hybridized carbons (Fsp3) is 0.250. The Morgan fingerprint density at radius 2 is 2.07 bits per heavy atom. The minimum absolute atomic E-state index is 0.220. The Bertz CT molecular complexity index is 1040. The highest BCUT2D eigenvalue weighted by Gasteiger charge is 2.20. The molecule has 0 aliphatic carbocycles. The molecule has 3 aromatic rings. The van der Waals surface area contributed by atoms with Crippen LogP contribution in [0.4, 0.5) is 5.82 Å². The van der Waals surface area contributed by atoms with Crippen molar-refractivity contribution in [3.8, 4) is 11.5 Å². The number of primary amides is 1. The van der Waals surface area contributed by atoms with Crippen molar-refractivity contribution in [1.29, 1.82) is 0 Å². The van der Waals surface area contributed by atoms with E-state index in [0.717, 1.165) is 14.2 Å². The van der Waals surface area contributed by atoms with Crippen LogP contribution in [0.2, 0.25) is 0 Å². The number of ether oxygens (including phenoxy) is 2. The highest BCUT2D eigenvalue weighted by atomic mass is 127. The molecule has 0 fully saturated rings. The van der Waals surface area contributed by atoms with Crippen molar-refractivity contribution >= 4 is 57.2 Å². The van der Waals surface area contributed by atoms with Gasteiger partial charge in [0.05, 0.1) is 0 Å². The van der Waals surface area contributed by atoms with Gasteiger partial charge in [-0.3, -0.25) is 4.79 Å². The smallest absolute Gasteiger partial charge is 0.231 e. The number of nitrogens with two attached hydrogens (primary N) is 2. The van der Waals surface area contributed by atoms with Gasteiger partial charge in [-0.15, -0.1) is 0 Å². The van der Waals surface area contributed by atoms with Gasteiger partial charge in [-0.05, 0) is 41.1 Å². The second kappa shape index (κ2) is 7.38. The number of aryl methyl sites for hydroxylation is 1. The second-order valence-corrected chi connectivity index (χ2v) is 7.96. The number of carbonyl (C=O) groups excluding carboxylic acids is 1. The largest absolute Gasteiger partial charge is 0.454 e. The SMILES string of the molecule is NC(=O)CCCn1c(Sc2cc3c(cc2I)OCO3)nc2c(N)ncnc21. The van der Waals surface area contributed by atoms with Crippen molar-refractivity contribution in [3.05, 3.63) is 22.0 Å². The molecule has 9 nitrogen and oxygen atoms in total. The number of carbonyl (C=O) groups is 1. The van der Waals surface area contributed by atoms with Crippen LogP contribution in [0.5, 0.6) is 11.5 Å². The van der Waals surface area contributed by atoms with E-state index in [1.165, 1.54) is 18.1 Å². The number of aromatic nitrogens is 4. The van der Waals surface area contributed by atoms with Gasteiger partial charge in [-0.1, -0.05) is 11.8 Å². The minimum atomic E-state index is -0.340. The summed E-state index contributed by atoms with van der Waals surface area (Å²) < 4.78 is 13.8. The topological polar surface area (TPSA) is 131 Å². The third-order valence-electron chi connectivity index (χ3n) is 3.96. The number of amides is 1. The van der Waals surface area contributed by atoms with Gasteiger partial charge in [0.2, 0.25) is 12.7 Å². The number of nitrogen functional groups attached to an aromatic ring is 1. The average molecular weight is 498 g/mol. The van der Waals surface area contributed by atoms with Crippen LogP contribution in [0.1, 0.15) is 12.8 Å². The van der Waals surface area contributed by atoms with Gasteiger partial charge < -0.3 is 25.5 Å². The molecule has 3 heterocycles. The molecule has 0 spiro atoms. The van der Waals surface area contributed by atoms with Crippen molar-refractivity contribution < 1.29 is 14.3 Å². The van der Waals surface area contributed by atoms with Crippen LogP contribution in [0.15, 0.2) is 28.5 Å². The number of rotatable bonds is 6. The first kappa shape index (κ1) is 18.1. The van der Waals surface area contributed by atoms with E-state index in [4.69, 9.17) is 20.9 Å². The summed E-state index contributed by atoms with van der Waals surface area (Å²) >= 11 is 3.72. The van der Waals surface area contributed by atoms with E-state index in [1.54, 1.807) is 0 Å². The Labute approximate surface area is 172 Å². The van der Waals surface area contributed by atoms with Gasteiger partial charge in [-0.25, -0.2) is 15.0 Å². The Morgan fingerprint density at radius 3 is 2.85 bits per heavy atom. The van der Waals surface area contributed by atoms with Gasteiger partial charge in [0, 0.05) is 21.4 Å². The number of benzene rings is 1. The predicted octanol–water partition coefficient (Wildman–Crippen LogP) is 2.16. The summed E-state index contributed by atoms with van der Waals surface area (Å²) in [6, 6.07) is 3.86. The van der Waals surface area contributed by atoms with Crippen molar-refractivity contribution in [2.24, 2.45) is 5.73 Å². The van der Waals surface area contributed by atoms with Gasteiger partial charge in [0.1, 0.15) is 6.33 Å². The molecule has 1 aromatic carbocycles. The molecule has 140 valence electrons. The summed E-state index contributed by atoms with van der Waals surface area (Å²) in [5, 5.41) is 0.707. The molecule has 11 heteroatoms. The molecule has 27 heavy (non-hydrogen) atoms. The third kappa shape index (κ3) is 3.60. The minimum Gasteiger partial charge on any atom is -0.454 e. The van der Waals surface area contributed by atoms with Crippen molar-refractivity contribution in [2.75, 3.05) is 12.5 Å². The van der Waals surface area contributed by atoms with Crippen LogP contribution in [0.3, 0.4) is 0 Å². The first-order valence-electron chi connectivity index (χ1n) is 8.05. The van der Waals surface area contributed by atoms with Gasteiger partial charge in [0.15, 0.2) is 33.6 Å². The molecule has 4 N–H and O–H groups in total. The molecule has 4 rings (SSSR count). The zero-order valence-electron chi connectivity index (χ0n) is 14.0. The lowest BCUT2D eigenvalue weighted by Crippen LogP contribution is -2.12. The number of fused-ring (bicyclic) bond motifs is 2. The van der Waals surface area contributed by atoms with Crippen LogP contribution in [0.25, 0.3) is 11.2 Å². The summed E-state index contributed by atoms with van der Waals surface area (Å²) in [7, 11) is 0. The second-order valence-electron chi connectivity index (χ2n) is 5.78. The van der Waals surface area contributed by atoms with Crippen LogP contribution in [-0.4, -0.2) is 32.2 Å². The lowest BCUT2D eigenvalue weighted by atomic mass is 10.3. The zero-order valence-corrected chi connectivity index (χ0v) is 17.0. The van der Waals surface area contributed by atoms with E-state index < -0.39 is 0 Å². The maximum atomic E-state index is 11.1. The summed E-state index contributed by atoms with van der Waals surface area (Å²) in [5.74, 6) is 1.41. The molecule has 2 aromatic heterocycles. The zero-order chi connectivity index (χ0) is 19.0. The highest BCUT2D eigenvalue weighted by molar-refractivity contribution is 14.1. The van der Waals surface area contributed by atoms with E-state index in [1.807, 2.05) is 16.7 Å². The van der Waals surface area contributed by atoms with Crippen LogP contribution < -0.4 is 20.9 Å². The van der Waals surface area contributed by atoms with E-state index >= 15 is 0 Å². The quantitative estimate of drug-likeness (QED) is 0.495. The summed E-state index contributed by atoms with van der Waals surface area (Å²) in [6.45, 7) is 0.761. The van der Waals surface area contributed by atoms with Crippen molar-refractivity contribution in [2.45, 2.75) is 29.4 Å². The fourth-order valence-electron chi connectivity index (χ4n) is 2.70. The lowest BCUT2D eigenvalue weighted by molar-refractivity contribution is -0.118. The molecule has 1 aliphatic heterocycles. The molecule has 0 bridgehead atoms. The van der Waals surface area contributed by atoms with E-state index in [0.29, 0.717) is 40.9 Å². The normalized spacial score (nSPS) is 12.6. The van der Waals surface area contributed by atoms with Crippen LogP contribution >= 0.6 is 34.4 Å². The average Bonchev–Trinajstić information content (AvgIpc) is 3.21. The number of hydrogen-bond acceptors (Lipinski definition) is 8. The van der Waals surface area contributed by atoms with Crippen molar-refractivity contribution in [1.82, 2.24) is 19.5 Å². The summed E-state index contributed by atoms with van der Waals surface area (Å²) in [6.07, 6.45) is 2.27. The fourth-order valence-corrected chi connectivity index (χ4v) is 4.41. The molecule has 0 saturated heterocycles. The summed E-state index contributed by atoms with van der Waals surface area (Å²) in [4.78, 5) is 25.0. The number of imidazole rings is 1. The molecule has 0 saturated carbocycles. The Morgan fingerprint density at radius 1 is 1.30 bits per heavy atom. The van der Waals surface area contributed by atoms with Crippen LogP contribution in [-0.2, 0) is 11.3 Å². The van der Waals surface area contributed by atoms with Crippen molar-refractivity contribution in [3.63, 3.8) is 0 Å². The third-order valence-corrected chi connectivity index (χ3v) is 6.27. The number of hydrogen-bond donors (Lipinski definition) is 2. The number of nitrogens with zero attached hydrogens (tertiary/aromatic N) is 4. The number of anilines is 1.